The van der Waals surface area contributed by atoms with Gasteiger partial charge in [0.25, 0.3) is 0 Å². The van der Waals surface area contributed by atoms with Gasteiger partial charge in [-0.25, -0.2) is 0 Å². The van der Waals surface area contributed by atoms with Crippen LogP contribution in [0.15, 0.2) is 15.2 Å². The zero-order valence-electron chi connectivity index (χ0n) is 6.44. The molecule has 1 aromatic heterocycles. The Morgan fingerprint density at radius 2 is 2.00 bits per heavy atom. The highest BCUT2D eigenvalue weighted by Crippen LogP contribution is 2.17. The molecule has 0 spiro atoms. The third-order valence-electron chi connectivity index (χ3n) is 1.43. The van der Waals surface area contributed by atoms with E-state index in [1.54, 1.807) is 16.5 Å². The Balaban J connectivity index is 2.96. The molecule has 0 aliphatic carbocycles. The zero-order valence-corrected chi connectivity index (χ0v) is 9.84. The molecular weight excluding hydrogens is 224 g/mol. The van der Waals surface area contributed by atoms with Crippen molar-refractivity contribution >= 4 is 40.5 Å². The average Bonchev–Trinajstić information content (AvgIpc) is 2.11. The first-order valence-corrected chi connectivity index (χ1v) is 8.42. The van der Waals surface area contributed by atoms with Gasteiger partial charge >= 0.3 is 0 Å². The molecule has 0 aliphatic rings. The first kappa shape index (κ1) is 8.49. The smallest absolute Gasteiger partial charge is 0.0787 e. The molecule has 0 atom stereocenters. The Hall–Kier alpha value is 0.397. The molecule has 3 heteroatoms. The van der Waals surface area contributed by atoms with Crippen molar-refractivity contribution in [2.75, 3.05) is 0 Å². The van der Waals surface area contributed by atoms with Crippen molar-refractivity contribution in [3.8, 4) is 0 Å². The molecule has 0 fully saturated rings. The van der Waals surface area contributed by atoms with Crippen LogP contribution in [0.1, 0.15) is 0 Å². The monoisotopic (exact) mass is 234 g/mol. The first-order valence-electron chi connectivity index (χ1n) is 3.24. The normalized spacial score (nSPS) is 12.0. The summed E-state index contributed by atoms with van der Waals surface area (Å²) in [6.07, 6.45) is 0. The summed E-state index contributed by atoms with van der Waals surface area (Å²) in [6, 6.07) is 2.25. The summed E-state index contributed by atoms with van der Waals surface area (Å²) in [5.74, 6) is 0. The molecule has 0 saturated heterocycles. The van der Waals surface area contributed by atoms with E-state index < -0.39 is 8.07 Å². The molecule has 0 radical (unpaired) electrons. The van der Waals surface area contributed by atoms with Gasteiger partial charge in [0.1, 0.15) is 0 Å². The van der Waals surface area contributed by atoms with E-state index in [4.69, 9.17) is 0 Å². The first-order chi connectivity index (χ1) is 4.50. The van der Waals surface area contributed by atoms with Crippen LogP contribution in [0.4, 0.5) is 0 Å². The molecule has 0 unspecified atom stereocenters. The third-order valence-corrected chi connectivity index (χ3v) is 5.17. The second-order valence-corrected chi connectivity index (χ2v) is 10.8. The Kier molecular flexibility index (Phi) is 2.37. The van der Waals surface area contributed by atoms with Gasteiger partial charge in [0, 0.05) is 0 Å². The lowest BCUT2D eigenvalue weighted by molar-refractivity contribution is 1.76. The van der Waals surface area contributed by atoms with E-state index in [2.05, 4.69) is 47.0 Å². The van der Waals surface area contributed by atoms with E-state index in [1.807, 2.05) is 0 Å². The number of hydrogen-bond donors (Lipinski definition) is 0. The van der Waals surface area contributed by atoms with Gasteiger partial charge in [-0.3, -0.25) is 0 Å². The molecule has 0 amide bonds. The van der Waals surface area contributed by atoms with Crippen LogP contribution in [0.3, 0.4) is 0 Å². The highest BCUT2D eigenvalue weighted by molar-refractivity contribution is 9.11. The van der Waals surface area contributed by atoms with Gasteiger partial charge < -0.3 is 0 Å². The van der Waals surface area contributed by atoms with Gasteiger partial charge in [-0.15, -0.1) is 11.3 Å². The van der Waals surface area contributed by atoms with Crippen molar-refractivity contribution in [2.45, 2.75) is 19.6 Å². The van der Waals surface area contributed by atoms with Crippen LogP contribution in [0.2, 0.25) is 19.6 Å². The lowest BCUT2D eigenvalue weighted by atomic mass is 10.7. The molecule has 10 heavy (non-hydrogen) atoms. The van der Waals surface area contributed by atoms with E-state index in [-0.39, 0.29) is 0 Å². The molecule has 0 saturated carbocycles. The van der Waals surface area contributed by atoms with Gasteiger partial charge in [-0.1, -0.05) is 19.6 Å². The predicted molar refractivity (Wildman–Crippen MR) is 55.0 cm³/mol. The summed E-state index contributed by atoms with van der Waals surface area (Å²) in [4.78, 5) is 0. The third kappa shape index (κ3) is 1.94. The molecule has 0 nitrogen and oxygen atoms in total. The molecule has 56 valence electrons. The average molecular weight is 235 g/mol. The SMILES string of the molecule is C[Si](C)(C)c1csc(Br)c1. The van der Waals surface area contributed by atoms with Gasteiger partial charge in [0.2, 0.25) is 0 Å². The number of thiophene rings is 1. The molecule has 0 aliphatic heterocycles. The van der Waals surface area contributed by atoms with Crippen LogP contribution in [0.5, 0.6) is 0 Å². The number of hydrogen-bond acceptors (Lipinski definition) is 1. The summed E-state index contributed by atoms with van der Waals surface area (Å²) in [7, 11) is -1.03. The molecule has 1 heterocycles. The summed E-state index contributed by atoms with van der Waals surface area (Å²) >= 11 is 5.25. The van der Waals surface area contributed by atoms with Crippen LogP contribution in [0, 0.1) is 0 Å². The van der Waals surface area contributed by atoms with Crippen molar-refractivity contribution in [2.24, 2.45) is 0 Å². The fraction of sp³-hybridized carbons (Fsp3) is 0.429. The van der Waals surface area contributed by atoms with E-state index >= 15 is 0 Å². The fourth-order valence-electron chi connectivity index (χ4n) is 0.703. The Morgan fingerprint density at radius 1 is 1.40 bits per heavy atom. The molecule has 0 aromatic carbocycles. The van der Waals surface area contributed by atoms with Gasteiger partial charge in [0.15, 0.2) is 0 Å². The predicted octanol–water partition coefficient (Wildman–Crippen LogP) is 3.06. The lowest BCUT2D eigenvalue weighted by Gasteiger charge is -2.12. The van der Waals surface area contributed by atoms with Crippen molar-refractivity contribution in [1.29, 1.82) is 0 Å². The number of rotatable bonds is 1. The number of halogens is 1. The maximum atomic E-state index is 3.47. The minimum atomic E-state index is -1.03. The Bertz CT molecular complexity index is 224. The van der Waals surface area contributed by atoms with Crippen LogP contribution in [-0.4, -0.2) is 8.07 Å². The second kappa shape index (κ2) is 2.79. The molecule has 1 rings (SSSR count). The molecule has 0 N–H and O–H groups in total. The quantitative estimate of drug-likeness (QED) is 0.656. The van der Waals surface area contributed by atoms with E-state index in [0.717, 1.165) is 0 Å². The minimum Gasteiger partial charge on any atom is -0.137 e. The van der Waals surface area contributed by atoms with Crippen molar-refractivity contribution < 1.29 is 0 Å². The molecule has 1 aromatic rings. The van der Waals surface area contributed by atoms with Crippen LogP contribution < -0.4 is 5.19 Å². The highest BCUT2D eigenvalue weighted by Gasteiger charge is 2.16. The van der Waals surface area contributed by atoms with E-state index in [9.17, 15) is 0 Å². The highest BCUT2D eigenvalue weighted by atomic mass is 79.9. The molecular formula is C7H11BrSSi. The van der Waals surface area contributed by atoms with E-state index in [0.29, 0.717) is 0 Å². The van der Waals surface area contributed by atoms with Gasteiger partial charge in [-0.05, 0) is 32.6 Å². The summed E-state index contributed by atoms with van der Waals surface area (Å²) in [6.45, 7) is 7.09. The Labute approximate surface area is 75.4 Å². The van der Waals surface area contributed by atoms with Gasteiger partial charge in [-0.2, -0.15) is 0 Å². The van der Waals surface area contributed by atoms with E-state index in [1.165, 1.54) is 3.79 Å². The minimum absolute atomic E-state index is 1.03. The lowest BCUT2D eigenvalue weighted by Crippen LogP contribution is -2.36. The summed E-state index contributed by atoms with van der Waals surface area (Å²) in [5.41, 5.74) is 0. The van der Waals surface area contributed by atoms with Crippen LogP contribution in [0.25, 0.3) is 0 Å². The Morgan fingerprint density at radius 3 is 2.20 bits per heavy atom. The standard InChI is InChI=1S/C7H11BrSSi/c1-10(2,3)6-4-7(8)9-5-6/h4-5H,1-3H3. The van der Waals surface area contributed by atoms with Gasteiger partial charge in [0.05, 0.1) is 11.9 Å². The van der Waals surface area contributed by atoms with Crippen LogP contribution >= 0.6 is 27.3 Å². The van der Waals surface area contributed by atoms with Crippen molar-refractivity contribution in [3.05, 3.63) is 15.2 Å². The zero-order chi connectivity index (χ0) is 7.78. The van der Waals surface area contributed by atoms with Crippen molar-refractivity contribution in [1.82, 2.24) is 0 Å². The second-order valence-electron chi connectivity index (χ2n) is 3.39. The summed E-state index contributed by atoms with van der Waals surface area (Å²) < 4.78 is 1.25. The maximum Gasteiger partial charge on any atom is 0.0787 e. The maximum absolute atomic E-state index is 3.47. The van der Waals surface area contributed by atoms with Crippen LogP contribution in [-0.2, 0) is 0 Å². The molecule has 0 bridgehead atoms. The largest absolute Gasteiger partial charge is 0.137 e. The fourth-order valence-corrected chi connectivity index (χ4v) is 4.22. The topological polar surface area (TPSA) is 0 Å². The summed E-state index contributed by atoms with van der Waals surface area (Å²) in [5, 5.41) is 3.81. The van der Waals surface area contributed by atoms with Crippen molar-refractivity contribution in [3.63, 3.8) is 0 Å².